The van der Waals surface area contributed by atoms with E-state index in [9.17, 15) is 4.79 Å². The molecule has 0 saturated heterocycles. The number of nitrogen functional groups attached to an aromatic ring is 1. The Morgan fingerprint density at radius 3 is 2.54 bits per heavy atom. The van der Waals surface area contributed by atoms with Gasteiger partial charge in [0.05, 0.1) is 6.21 Å². The van der Waals surface area contributed by atoms with Crippen LogP contribution in [-0.2, 0) is 6.61 Å². The number of halogens is 3. The molecule has 0 spiro atoms. The molecule has 196 valence electrons. The summed E-state index contributed by atoms with van der Waals surface area (Å²) in [6, 6.07) is 19.1. The second kappa shape index (κ2) is 11.5. The maximum atomic E-state index is 13.1. The molecule has 5 aromatic rings. The Hall–Kier alpha value is -4.45. The van der Waals surface area contributed by atoms with Crippen LogP contribution in [0.4, 0.5) is 5.82 Å². The average Bonchev–Trinajstić information content (AvgIpc) is 3.56. The number of amides is 1. The number of benzene rings is 3. The van der Waals surface area contributed by atoms with Gasteiger partial charge in [-0.15, -0.1) is 5.10 Å². The number of nitrogens with zero attached hydrogens (tertiary/aromatic N) is 6. The van der Waals surface area contributed by atoms with E-state index in [0.717, 1.165) is 0 Å². The number of aromatic nitrogens is 5. The van der Waals surface area contributed by atoms with Gasteiger partial charge in [0, 0.05) is 31.8 Å². The molecule has 3 N–H and O–H groups in total. The molecule has 3 aromatic carbocycles. The molecule has 0 aliphatic carbocycles. The number of hydrazone groups is 1. The Labute approximate surface area is 236 Å². The SMILES string of the molecule is Nc1nonc1-n1nnc(C(=O)N/N=C/c2cc(Cl)ccc2OCc2c(Cl)cccc2Cl)c1-c1ccccc1. The average molecular weight is 584 g/mol. The van der Waals surface area contributed by atoms with Gasteiger partial charge in [-0.25, -0.2) is 10.1 Å². The molecule has 0 radical (unpaired) electrons. The fourth-order valence-corrected chi connectivity index (χ4v) is 4.25. The van der Waals surface area contributed by atoms with Crippen molar-refractivity contribution < 1.29 is 14.2 Å². The molecule has 2 aromatic heterocycles. The summed E-state index contributed by atoms with van der Waals surface area (Å²) in [5, 5.41) is 20.8. The van der Waals surface area contributed by atoms with Crippen LogP contribution >= 0.6 is 34.8 Å². The summed E-state index contributed by atoms with van der Waals surface area (Å²) in [4.78, 5) is 13.1. The molecule has 0 aliphatic rings. The van der Waals surface area contributed by atoms with Gasteiger partial charge in [-0.3, -0.25) is 4.79 Å². The van der Waals surface area contributed by atoms with Crippen LogP contribution in [0.3, 0.4) is 0 Å². The number of nitrogens with two attached hydrogens (primary N) is 1. The summed E-state index contributed by atoms with van der Waals surface area (Å²) >= 11 is 18.7. The van der Waals surface area contributed by atoms with Crippen molar-refractivity contribution in [1.29, 1.82) is 0 Å². The van der Waals surface area contributed by atoms with Crippen LogP contribution in [0.25, 0.3) is 17.1 Å². The molecule has 0 unspecified atom stereocenters. The molecular formula is C25H17Cl3N8O3. The number of carbonyl (C=O) groups is 1. The third-order valence-corrected chi connectivity index (χ3v) is 6.35. The highest BCUT2D eigenvalue weighted by Gasteiger charge is 2.25. The first kappa shape index (κ1) is 26.2. The van der Waals surface area contributed by atoms with E-state index in [1.54, 1.807) is 60.7 Å². The fraction of sp³-hybridized carbons (Fsp3) is 0.0400. The van der Waals surface area contributed by atoms with Crippen molar-refractivity contribution in [2.45, 2.75) is 6.61 Å². The smallest absolute Gasteiger partial charge is 0.294 e. The zero-order valence-corrected chi connectivity index (χ0v) is 22.0. The lowest BCUT2D eigenvalue weighted by molar-refractivity contribution is 0.0950. The van der Waals surface area contributed by atoms with E-state index in [2.05, 4.69) is 35.8 Å². The quantitative estimate of drug-likeness (QED) is 0.187. The molecule has 0 aliphatic heterocycles. The van der Waals surface area contributed by atoms with E-state index < -0.39 is 5.91 Å². The van der Waals surface area contributed by atoms with Gasteiger partial charge in [0.15, 0.2) is 5.69 Å². The molecular weight excluding hydrogens is 567 g/mol. The van der Waals surface area contributed by atoms with Gasteiger partial charge in [0.2, 0.25) is 11.6 Å². The van der Waals surface area contributed by atoms with Crippen molar-refractivity contribution in [3.8, 4) is 22.8 Å². The molecule has 1 amide bonds. The number of carbonyl (C=O) groups excluding carboxylic acids is 1. The van der Waals surface area contributed by atoms with Gasteiger partial charge in [-0.2, -0.15) is 9.78 Å². The summed E-state index contributed by atoms with van der Waals surface area (Å²) < 4.78 is 11.9. The topological polar surface area (TPSA) is 146 Å². The van der Waals surface area contributed by atoms with Crippen molar-refractivity contribution >= 4 is 52.7 Å². The van der Waals surface area contributed by atoms with Crippen LogP contribution in [0.1, 0.15) is 21.6 Å². The van der Waals surface area contributed by atoms with Gasteiger partial charge >= 0.3 is 0 Å². The van der Waals surface area contributed by atoms with Gasteiger partial charge in [-0.1, -0.05) is 76.4 Å². The van der Waals surface area contributed by atoms with Gasteiger partial charge in [0.1, 0.15) is 18.1 Å². The minimum atomic E-state index is -0.640. The van der Waals surface area contributed by atoms with Gasteiger partial charge < -0.3 is 10.5 Å². The Morgan fingerprint density at radius 1 is 1.05 bits per heavy atom. The molecule has 11 nitrogen and oxygen atoms in total. The lowest BCUT2D eigenvalue weighted by atomic mass is 10.1. The lowest BCUT2D eigenvalue weighted by Gasteiger charge is -2.12. The monoisotopic (exact) mass is 582 g/mol. The molecule has 5 rings (SSSR count). The fourth-order valence-electron chi connectivity index (χ4n) is 3.56. The lowest BCUT2D eigenvalue weighted by Crippen LogP contribution is -2.19. The Kier molecular flexibility index (Phi) is 7.73. The Balaban J connectivity index is 1.39. The predicted octanol–water partition coefficient (Wildman–Crippen LogP) is 5.20. The summed E-state index contributed by atoms with van der Waals surface area (Å²) in [5.74, 6) is -0.131. The van der Waals surface area contributed by atoms with Crippen LogP contribution in [-0.4, -0.2) is 37.4 Å². The first-order valence-corrected chi connectivity index (χ1v) is 12.3. The number of ether oxygens (including phenoxy) is 1. The third-order valence-electron chi connectivity index (χ3n) is 5.40. The first-order valence-electron chi connectivity index (χ1n) is 11.2. The van der Waals surface area contributed by atoms with E-state index in [1.165, 1.54) is 10.9 Å². The molecule has 2 heterocycles. The maximum Gasteiger partial charge on any atom is 0.294 e. The molecule has 0 fully saturated rings. The summed E-state index contributed by atoms with van der Waals surface area (Å²) in [7, 11) is 0. The second-order valence-electron chi connectivity index (χ2n) is 7.91. The summed E-state index contributed by atoms with van der Waals surface area (Å²) in [6.07, 6.45) is 1.39. The van der Waals surface area contributed by atoms with Gasteiger partial charge in [0.25, 0.3) is 5.91 Å². The van der Waals surface area contributed by atoms with Gasteiger partial charge in [-0.05, 0) is 40.6 Å². The van der Waals surface area contributed by atoms with Crippen molar-refractivity contribution in [2.75, 3.05) is 5.73 Å². The van der Waals surface area contributed by atoms with Crippen LogP contribution in [0, 0.1) is 0 Å². The zero-order chi connectivity index (χ0) is 27.4. The molecule has 14 heteroatoms. The number of hydrogen-bond donors (Lipinski definition) is 2. The largest absolute Gasteiger partial charge is 0.488 e. The Morgan fingerprint density at radius 2 is 1.82 bits per heavy atom. The summed E-state index contributed by atoms with van der Waals surface area (Å²) in [5.41, 5.74) is 10.3. The second-order valence-corrected chi connectivity index (χ2v) is 9.16. The number of anilines is 1. The maximum absolute atomic E-state index is 13.1. The highest BCUT2D eigenvalue weighted by atomic mass is 35.5. The zero-order valence-electron chi connectivity index (χ0n) is 19.8. The minimum Gasteiger partial charge on any atom is -0.488 e. The van der Waals surface area contributed by atoms with E-state index in [1.807, 2.05) is 6.07 Å². The number of rotatable bonds is 8. The predicted molar refractivity (Wildman–Crippen MR) is 146 cm³/mol. The van der Waals surface area contributed by atoms with Crippen molar-refractivity contribution in [3.63, 3.8) is 0 Å². The van der Waals surface area contributed by atoms with E-state index >= 15 is 0 Å². The molecule has 39 heavy (non-hydrogen) atoms. The molecule has 0 atom stereocenters. The van der Waals surface area contributed by atoms with Crippen LogP contribution in [0.15, 0.2) is 76.5 Å². The standard InChI is InChI=1S/C25H17Cl3N8O3/c26-16-9-10-20(38-13-17-18(27)7-4-8-19(17)28)15(11-16)12-30-32-25(37)21-22(14-5-2-1-3-6-14)36(35-31-21)24-23(29)33-39-34-24/h1-12H,13H2,(H2,29,33)(H,32,37)/b30-12+. The number of hydrogen-bond acceptors (Lipinski definition) is 9. The van der Waals surface area contributed by atoms with Crippen molar-refractivity contribution in [3.05, 3.63) is 98.6 Å². The Bertz CT molecular complexity index is 1650. The first-order chi connectivity index (χ1) is 18.9. The van der Waals surface area contributed by atoms with Crippen molar-refractivity contribution in [2.24, 2.45) is 5.10 Å². The van der Waals surface area contributed by atoms with Crippen LogP contribution < -0.4 is 15.9 Å². The highest BCUT2D eigenvalue weighted by molar-refractivity contribution is 6.36. The van der Waals surface area contributed by atoms with E-state index in [-0.39, 0.29) is 23.9 Å². The third kappa shape index (κ3) is 5.70. The van der Waals surface area contributed by atoms with E-state index in [4.69, 9.17) is 45.3 Å². The highest BCUT2D eigenvalue weighted by Crippen LogP contribution is 2.28. The van der Waals surface area contributed by atoms with E-state index in [0.29, 0.717) is 43.2 Å². The number of nitrogens with one attached hydrogen (secondary N) is 1. The summed E-state index contributed by atoms with van der Waals surface area (Å²) in [6.45, 7) is 0.108. The van der Waals surface area contributed by atoms with Crippen LogP contribution in [0.5, 0.6) is 5.75 Å². The van der Waals surface area contributed by atoms with Crippen LogP contribution in [0.2, 0.25) is 15.1 Å². The minimum absolute atomic E-state index is 0.0198. The normalized spacial score (nSPS) is 11.2. The van der Waals surface area contributed by atoms with Crippen molar-refractivity contribution in [1.82, 2.24) is 30.7 Å². The molecule has 0 bridgehead atoms. The molecule has 0 saturated carbocycles.